The van der Waals surface area contributed by atoms with Crippen LogP contribution in [0.2, 0.25) is 0 Å². The lowest BCUT2D eigenvalue weighted by molar-refractivity contribution is 0.0732. The van der Waals surface area contributed by atoms with E-state index in [4.69, 9.17) is 0 Å². The molecule has 2 heterocycles. The Hall–Kier alpha value is -2.14. The van der Waals surface area contributed by atoms with Crippen LogP contribution in [0, 0.1) is 0 Å². The quantitative estimate of drug-likeness (QED) is 0.848. The molecule has 1 fully saturated rings. The number of carbonyl (C=O) groups excluding carboxylic acids is 1. The van der Waals surface area contributed by atoms with Gasteiger partial charge in [0.1, 0.15) is 0 Å². The smallest absolute Gasteiger partial charge is 0.253 e. The first-order valence-electron chi connectivity index (χ1n) is 8.62. The van der Waals surface area contributed by atoms with Gasteiger partial charge in [0.25, 0.3) is 5.91 Å². The van der Waals surface area contributed by atoms with Crippen LogP contribution in [0.5, 0.6) is 0 Å². The molecule has 3 rings (SSSR count). The van der Waals surface area contributed by atoms with Crippen molar-refractivity contribution in [3.63, 3.8) is 0 Å². The van der Waals surface area contributed by atoms with Crippen molar-refractivity contribution < 1.29 is 4.79 Å². The molecule has 0 N–H and O–H groups in total. The van der Waals surface area contributed by atoms with E-state index >= 15 is 0 Å². The Morgan fingerprint density at radius 3 is 2.67 bits per heavy atom. The van der Waals surface area contributed by atoms with Crippen molar-refractivity contribution in [1.29, 1.82) is 0 Å². The minimum atomic E-state index is 0.108. The van der Waals surface area contributed by atoms with Crippen LogP contribution in [0.15, 0.2) is 42.7 Å². The van der Waals surface area contributed by atoms with Crippen LogP contribution in [0.25, 0.3) is 0 Å². The van der Waals surface area contributed by atoms with Crippen molar-refractivity contribution in [2.45, 2.75) is 38.9 Å². The average Bonchev–Trinajstić information content (AvgIpc) is 3.26. The molecule has 2 aromatic rings. The van der Waals surface area contributed by atoms with Gasteiger partial charge < -0.3 is 4.90 Å². The molecule has 0 spiro atoms. The molecule has 24 heavy (non-hydrogen) atoms. The van der Waals surface area contributed by atoms with Gasteiger partial charge in [0.15, 0.2) is 0 Å². The predicted molar refractivity (Wildman–Crippen MR) is 95.0 cm³/mol. The van der Waals surface area contributed by atoms with E-state index in [1.807, 2.05) is 53.2 Å². The summed E-state index contributed by atoms with van der Waals surface area (Å²) in [7, 11) is 1.93. The summed E-state index contributed by atoms with van der Waals surface area (Å²) in [6.45, 7) is 7.19. The SMILES string of the molecule is CC(C)N1CC[C@@H](N(C)C(=O)c2ccc(Cn3cccn3)cc2)C1. The number of likely N-dealkylation sites (tertiary alicyclic amines) is 1. The Balaban J connectivity index is 1.62. The van der Waals surface area contributed by atoms with E-state index in [9.17, 15) is 4.79 Å². The fourth-order valence-corrected chi connectivity index (χ4v) is 3.26. The minimum Gasteiger partial charge on any atom is -0.337 e. The molecule has 0 saturated carbocycles. The van der Waals surface area contributed by atoms with E-state index in [1.54, 1.807) is 6.20 Å². The largest absolute Gasteiger partial charge is 0.337 e. The van der Waals surface area contributed by atoms with Crippen LogP contribution in [0.3, 0.4) is 0 Å². The fourth-order valence-electron chi connectivity index (χ4n) is 3.26. The summed E-state index contributed by atoms with van der Waals surface area (Å²) in [6.07, 6.45) is 4.76. The van der Waals surface area contributed by atoms with Crippen LogP contribution in [-0.4, -0.2) is 57.7 Å². The van der Waals surface area contributed by atoms with Crippen LogP contribution in [-0.2, 0) is 6.54 Å². The highest BCUT2D eigenvalue weighted by molar-refractivity contribution is 5.94. The molecule has 5 heteroatoms. The molecular weight excluding hydrogens is 300 g/mol. The highest BCUT2D eigenvalue weighted by atomic mass is 16.2. The van der Waals surface area contributed by atoms with Crippen LogP contribution < -0.4 is 0 Å². The summed E-state index contributed by atoms with van der Waals surface area (Å²) in [5.41, 5.74) is 1.90. The highest BCUT2D eigenvalue weighted by Crippen LogP contribution is 2.19. The Morgan fingerprint density at radius 1 is 1.33 bits per heavy atom. The lowest BCUT2D eigenvalue weighted by Gasteiger charge is -2.26. The molecule has 128 valence electrons. The normalized spacial score (nSPS) is 18.2. The molecule has 1 aromatic carbocycles. The molecule has 0 aliphatic carbocycles. The molecule has 1 atom stereocenters. The zero-order valence-electron chi connectivity index (χ0n) is 14.7. The number of hydrogen-bond acceptors (Lipinski definition) is 3. The van der Waals surface area contributed by atoms with Crippen molar-refractivity contribution in [2.24, 2.45) is 0 Å². The van der Waals surface area contributed by atoms with Gasteiger partial charge >= 0.3 is 0 Å². The van der Waals surface area contributed by atoms with Crippen molar-refractivity contribution in [1.82, 2.24) is 19.6 Å². The summed E-state index contributed by atoms with van der Waals surface area (Å²) in [4.78, 5) is 17.1. The van der Waals surface area contributed by atoms with E-state index in [1.165, 1.54) is 0 Å². The van der Waals surface area contributed by atoms with Gasteiger partial charge in [0.2, 0.25) is 0 Å². The van der Waals surface area contributed by atoms with Gasteiger partial charge in [-0.05, 0) is 44.0 Å². The van der Waals surface area contributed by atoms with E-state index < -0.39 is 0 Å². The minimum absolute atomic E-state index is 0.108. The maximum atomic E-state index is 12.7. The van der Waals surface area contributed by atoms with Gasteiger partial charge in [-0.2, -0.15) is 5.10 Å². The average molecular weight is 326 g/mol. The molecule has 1 aromatic heterocycles. The molecule has 1 aliphatic rings. The standard InChI is InChI=1S/C19H26N4O/c1-15(2)22-12-9-18(14-22)21(3)19(24)17-7-5-16(6-8-17)13-23-11-4-10-20-23/h4-8,10-11,15,18H,9,12-14H2,1-3H3/t18-/m1/s1. The molecular formula is C19H26N4O. The molecule has 1 saturated heterocycles. The molecule has 1 aliphatic heterocycles. The molecule has 0 unspecified atom stereocenters. The maximum Gasteiger partial charge on any atom is 0.253 e. The number of aromatic nitrogens is 2. The van der Waals surface area contributed by atoms with Gasteiger partial charge in [-0.3, -0.25) is 14.4 Å². The van der Waals surface area contributed by atoms with E-state index in [0.717, 1.165) is 37.2 Å². The Bertz CT molecular complexity index is 663. The van der Waals surface area contributed by atoms with E-state index in [-0.39, 0.29) is 5.91 Å². The molecule has 1 amide bonds. The first-order valence-corrected chi connectivity index (χ1v) is 8.62. The van der Waals surface area contributed by atoms with Gasteiger partial charge in [0, 0.05) is 50.2 Å². The summed E-state index contributed by atoms with van der Waals surface area (Å²) in [5, 5.41) is 4.21. The van der Waals surface area contributed by atoms with Crippen molar-refractivity contribution in [2.75, 3.05) is 20.1 Å². The number of amides is 1. The number of rotatable bonds is 5. The Morgan fingerprint density at radius 2 is 2.08 bits per heavy atom. The molecule has 5 nitrogen and oxygen atoms in total. The topological polar surface area (TPSA) is 41.4 Å². The van der Waals surface area contributed by atoms with Crippen LogP contribution in [0.4, 0.5) is 0 Å². The van der Waals surface area contributed by atoms with Crippen LogP contribution >= 0.6 is 0 Å². The first-order chi connectivity index (χ1) is 11.5. The third-order valence-electron chi connectivity index (χ3n) is 4.90. The lowest BCUT2D eigenvalue weighted by Crippen LogP contribution is -2.40. The number of hydrogen-bond donors (Lipinski definition) is 0. The second-order valence-electron chi connectivity index (χ2n) is 6.85. The van der Waals surface area contributed by atoms with Crippen LogP contribution in [0.1, 0.15) is 36.2 Å². The summed E-state index contributed by atoms with van der Waals surface area (Å²) < 4.78 is 1.88. The van der Waals surface area contributed by atoms with Gasteiger partial charge in [-0.1, -0.05) is 12.1 Å². The van der Waals surface area contributed by atoms with Gasteiger partial charge in [-0.15, -0.1) is 0 Å². The third-order valence-corrected chi connectivity index (χ3v) is 4.90. The summed E-state index contributed by atoms with van der Waals surface area (Å²) >= 11 is 0. The molecule has 0 bridgehead atoms. The predicted octanol–water partition coefficient (Wildman–Crippen LogP) is 2.49. The number of carbonyl (C=O) groups is 1. The first kappa shape index (κ1) is 16.7. The second kappa shape index (κ2) is 7.18. The zero-order valence-corrected chi connectivity index (χ0v) is 14.7. The monoisotopic (exact) mass is 326 g/mol. The Kier molecular flexibility index (Phi) is 5.00. The van der Waals surface area contributed by atoms with E-state index in [0.29, 0.717) is 12.1 Å². The summed E-state index contributed by atoms with van der Waals surface area (Å²) in [5.74, 6) is 0.108. The van der Waals surface area contributed by atoms with Crippen molar-refractivity contribution in [3.8, 4) is 0 Å². The van der Waals surface area contributed by atoms with E-state index in [2.05, 4.69) is 23.8 Å². The highest BCUT2D eigenvalue weighted by Gasteiger charge is 2.29. The maximum absolute atomic E-state index is 12.7. The number of benzene rings is 1. The number of likely N-dealkylation sites (N-methyl/N-ethyl adjacent to an activating group) is 1. The molecule has 0 radical (unpaired) electrons. The third kappa shape index (κ3) is 3.67. The number of nitrogens with zero attached hydrogens (tertiary/aromatic N) is 4. The second-order valence-corrected chi connectivity index (χ2v) is 6.85. The van der Waals surface area contributed by atoms with Gasteiger partial charge in [0.05, 0.1) is 6.54 Å². The van der Waals surface area contributed by atoms with Crippen molar-refractivity contribution >= 4 is 5.91 Å². The Labute approximate surface area is 143 Å². The van der Waals surface area contributed by atoms with Gasteiger partial charge in [-0.25, -0.2) is 0 Å². The fraction of sp³-hybridized carbons (Fsp3) is 0.474. The summed E-state index contributed by atoms with van der Waals surface area (Å²) in [6, 6.07) is 10.6. The zero-order chi connectivity index (χ0) is 17.1. The van der Waals surface area contributed by atoms with Crippen molar-refractivity contribution in [3.05, 3.63) is 53.9 Å². The lowest BCUT2D eigenvalue weighted by atomic mass is 10.1.